The highest BCUT2D eigenvalue weighted by atomic mass is 16.5. The van der Waals surface area contributed by atoms with Gasteiger partial charge in [0.05, 0.1) is 0 Å². The minimum absolute atomic E-state index is 0.121. The molecule has 0 bridgehead atoms. The molecule has 0 radical (unpaired) electrons. The van der Waals surface area contributed by atoms with Crippen molar-refractivity contribution in [3.63, 3.8) is 0 Å². The summed E-state index contributed by atoms with van der Waals surface area (Å²) in [7, 11) is 0. The molecule has 3 aromatic rings. The van der Waals surface area contributed by atoms with Crippen molar-refractivity contribution in [2.24, 2.45) is 0 Å². The zero-order chi connectivity index (χ0) is 20.5. The second kappa shape index (κ2) is 10.1. The quantitative estimate of drug-likeness (QED) is 0.607. The van der Waals surface area contributed by atoms with Crippen molar-refractivity contribution in [2.75, 3.05) is 6.54 Å². The molecule has 0 fully saturated rings. The van der Waals surface area contributed by atoms with Gasteiger partial charge in [-0.2, -0.15) is 0 Å². The summed E-state index contributed by atoms with van der Waals surface area (Å²) < 4.78 is 5.81. The zero-order valence-electron chi connectivity index (χ0n) is 16.4. The molecule has 0 aromatic heterocycles. The van der Waals surface area contributed by atoms with Gasteiger partial charge in [0.2, 0.25) is 5.91 Å². The van der Waals surface area contributed by atoms with Crippen LogP contribution in [0, 0.1) is 6.92 Å². The minimum atomic E-state index is -0.165. The monoisotopic (exact) mass is 388 g/mol. The highest BCUT2D eigenvalue weighted by Crippen LogP contribution is 2.21. The van der Waals surface area contributed by atoms with Crippen molar-refractivity contribution in [2.45, 2.75) is 19.9 Å². The first-order chi connectivity index (χ1) is 14.1. The van der Waals surface area contributed by atoms with Crippen molar-refractivity contribution in [3.8, 4) is 11.5 Å². The molecule has 3 aromatic carbocycles. The van der Waals surface area contributed by atoms with E-state index in [9.17, 15) is 9.59 Å². The molecule has 2 amide bonds. The van der Waals surface area contributed by atoms with Crippen LogP contribution in [0.4, 0.5) is 0 Å². The highest BCUT2D eigenvalue weighted by Gasteiger charge is 2.09. The summed E-state index contributed by atoms with van der Waals surface area (Å²) in [5, 5.41) is 5.65. The number of carbonyl (C=O) groups is 2. The van der Waals surface area contributed by atoms with Crippen molar-refractivity contribution >= 4 is 11.8 Å². The van der Waals surface area contributed by atoms with Crippen LogP contribution in [-0.4, -0.2) is 18.4 Å². The molecule has 29 heavy (non-hydrogen) atoms. The van der Waals surface area contributed by atoms with Gasteiger partial charge in [0, 0.05) is 25.1 Å². The fourth-order valence-electron chi connectivity index (χ4n) is 2.85. The van der Waals surface area contributed by atoms with Gasteiger partial charge in [-0.3, -0.25) is 9.59 Å². The number of carbonyl (C=O) groups excluding carboxylic acids is 2. The number of hydrogen-bond donors (Lipinski definition) is 2. The summed E-state index contributed by atoms with van der Waals surface area (Å²) in [5.74, 6) is 1.19. The van der Waals surface area contributed by atoms with E-state index in [1.807, 2.05) is 79.7 Å². The van der Waals surface area contributed by atoms with Crippen LogP contribution in [0.5, 0.6) is 11.5 Å². The third kappa shape index (κ3) is 6.21. The highest BCUT2D eigenvalue weighted by molar-refractivity contribution is 5.95. The van der Waals surface area contributed by atoms with Crippen LogP contribution >= 0.6 is 0 Å². The van der Waals surface area contributed by atoms with Gasteiger partial charge in [0.15, 0.2) is 0 Å². The van der Waals surface area contributed by atoms with Crippen molar-refractivity contribution in [1.82, 2.24) is 10.6 Å². The number of rotatable bonds is 8. The van der Waals surface area contributed by atoms with E-state index in [0.29, 0.717) is 17.9 Å². The number of benzene rings is 3. The standard InChI is InChI=1S/C24H24N2O3/c1-18-8-5-6-13-22(18)24(28)25-15-14-23(27)26-17-19-9-7-12-21(16-19)29-20-10-3-2-4-11-20/h2-13,16H,14-15,17H2,1H3,(H,25,28)(H,26,27). The second-order valence-electron chi connectivity index (χ2n) is 6.66. The number of nitrogens with one attached hydrogen (secondary N) is 2. The lowest BCUT2D eigenvalue weighted by atomic mass is 10.1. The Balaban J connectivity index is 1.43. The summed E-state index contributed by atoms with van der Waals surface area (Å²) in [6, 6.07) is 24.5. The number of para-hydroxylation sites is 1. The number of amides is 2. The maximum absolute atomic E-state index is 12.2. The topological polar surface area (TPSA) is 67.4 Å². The van der Waals surface area contributed by atoms with E-state index in [1.165, 1.54) is 0 Å². The normalized spacial score (nSPS) is 10.2. The van der Waals surface area contributed by atoms with Gasteiger partial charge in [-0.05, 0) is 48.4 Å². The molecule has 0 atom stereocenters. The third-order valence-electron chi connectivity index (χ3n) is 4.39. The Morgan fingerprint density at radius 2 is 1.55 bits per heavy atom. The first-order valence-corrected chi connectivity index (χ1v) is 9.54. The molecule has 0 saturated carbocycles. The number of ether oxygens (including phenoxy) is 1. The Morgan fingerprint density at radius 1 is 0.828 bits per heavy atom. The molecule has 0 aliphatic rings. The van der Waals surface area contributed by atoms with Gasteiger partial charge in [-0.1, -0.05) is 48.5 Å². The average Bonchev–Trinajstić information content (AvgIpc) is 2.73. The first kappa shape index (κ1) is 20.1. The van der Waals surface area contributed by atoms with Crippen LogP contribution in [0.15, 0.2) is 78.9 Å². The predicted octanol–water partition coefficient (Wildman–Crippen LogP) is 4.22. The van der Waals surface area contributed by atoms with E-state index in [4.69, 9.17) is 4.74 Å². The van der Waals surface area contributed by atoms with E-state index in [1.54, 1.807) is 6.07 Å². The van der Waals surface area contributed by atoms with Crippen LogP contribution in [0.2, 0.25) is 0 Å². The van der Waals surface area contributed by atoms with E-state index < -0.39 is 0 Å². The lowest BCUT2D eigenvalue weighted by Crippen LogP contribution is -2.30. The molecule has 3 rings (SSSR count). The maximum Gasteiger partial charge on any atom is 0.251 e. The van der Waals surface area contributed by atoms with Gasteiger partial charge in [-0.15, -0.1) is 0 Å². The van der Waals surface area contributed by atoms with Crippen molar-refractivity contribution in [1.29, 1.82) is 0 Å². The maximum atomic E-state index is 12.2. The molecule has 0 aliphatic heterocycles. The zero-order valence-corrected chi connectivity index (χ0v) is 16.4. The lowest BCUT2D eigenvalue weighted by molar-refractivity contribution is -0.121. The lowest BCUT2D eigenvalue weighted by Gasteiger charge is -2.10. The molecule has 5 heteroatoms. The summed E-state index contributed by atoms with van der Waals surface area (Å²) in [4.78, 5) is 24.2. The fourth-order valence-corrected chi connectivity index (χ4v) is 2.85. The Morgan fingerprint density at radius 3 is 2.34 bits per heavy atom. The molecule has 0 unspecified atom stereocenters. The largest absolute Gasteiger partial charge is 0.457 e. The molecular weight excluding hydrogens is 364 g/mol. The van der Waals surface area contributed by atoms with Gasteiger partial charge in [0.25, 0.3) is 5.91 Å². The Labute approximate surface area is 170 Å². The molecule has 0 heterocycles. The molecular formula is C24H24N2O3. The smallest absolute Gasteiger partial charge is 0.251 e. The first-order valence-electron chi connectivity index (χ1n) is 9.54. The van der Waals surface area contributed by atoms with E-state index in [0.717, 1.165) is 16.9 Å². The number of aryl methyl sites for hydroxylation is 1. The predicted molar refractivity (Wildman–Crippen MR) is 113 cm³/mol. The molecule has 5 nitrogen and oxygen atoms in total. The number of hydrogen-bond acceptors (Lipinski definition) is 3. The molecule has 2 N–H and O–H groups in total. The Bertz CT molecular complexity index is 971. The molecule has 148 valence electrons. The van der Waals surface area contributed by atoms with Crippen LogP contribution < -0.4 is 15.4 Å². The summed E-state index contributed by atoms with van der Waals surface area (Å²) in [6.07, 6.45) is 0.220. The van der Waals surface area contributed by atoms with Gasteiger partial charge < -0.3 is 15.4 Å². The van der Waals surface area contributed by atoms with E-state index in [-0.39, 0.29) is 24.8 Å². The SMILES string of the molecule is Cc1ccccc1C(=O)NCCC(=O)NCc1cccc(Oc2ccccc2)c1. The fraction of sp³-hybridized carbons (Fsp3) is 0.167. The third-order valence-corrected chi connectivity index (χ3v) is 4.39. The van der Waals surface area contributed by atoms with Crippen molar-refractivity contribution in [3.05, 3.63) is 95.6 Å². The van der Waals surface area contributed by atoms with Gasteiger partial charge >= 0.3 is 0 Å². The average molecular weight is 388 g/mol. The summed E-state index contributed by atoms with van der Waals surface area (Å²) in [6.45, 7) is 2.57. The van der Waals surface area contributed by atoms with Gasteiger partial charge in [0.1, 0.15) is 11.5 Å². The summed E-state index contributed by atoms with van der Waals surface area (Å²) >= 11 is 0. The summed E-state index contributed by atoms with van der Waals surface area (Å²) in [5.41, 5.74) is 2.48. The van der Waals surface area contributed by atoms with E-state index in [2.05, 4.69) is 10.6 Å². The van der Waals surface area contributed by atoms with Crippen LogP contribution in [0.3, 0.4) is 0 Å². The molecule has 0 spiro atoms. The Kier molecular flexibility index (Phi) is 7.00. The van der Waals surface area contributed by atoms with Crippen LogP contribution in [0.25, 0.3) is 0 Å². The molecule has 0 aliphatic carbocycles. The van der Waals surface area contributed by atoms with E-state index >= 15 is 0 Å². The second-order valence-corrected chi connectivity index (χ2v) is 6.66. The van der Waals surface area contributed by atoms with Crippen LogP contribution in [0.1, 0.15) is 27.9 Å². The van der Waals surface area contributed by atoms with Gasteiger partial charge in [-0.25, -0.2) is 0 Å². The van der Waals surface area contributed by atoms with Crippen LogP contribution in [-0.2, 0) is 11.3 Å². The Hall–Kier alpha value is -3.60. The minimum Gasteiger partial charge on any atom is -0.457 e. The van der Waals surface area contributed by atoms with Crippen molar-refractivity contribution < 1.29 is 14.3 Å². The molecule has 0 saturated heterocycles.